The standard InChI is InChI=1S/C44H51N3.2ClH/c1-29-19-30(2)21-43(20-29)47(28-37-9-11-39(12-10-37)40-22-31(3)35(7)32(4)23-40)42-14-17-46(18-15-42)27-38-13-16-45-44(26-38)41-24-33(5)36(8)34(6)25-41;;/h9-13,16,19-26,42H,14-15,17-18,27-28H2,1-8H3;2*1H. The minimum atomic E-state index is 0. The van der Waals surface area contributed by atoms with Crippen LogP contribution in [-0.2, 0) is 13.1 Å². The van der Waals surface area contributed by atoms with Gasteiger partial charge in [-0.3, -0.25) is 9.88 Å². The molecule has 0 aliphatic carbocycles. The third-order valence-corrected chi connectivity index (χ3v) is 10.6. The number of anilines is 1. The Balaban J connectivity index is 0.00000270. The minimum Gasteiger partial charge on any atom is -0.364 e. The summed E-state index contributed by atoms with van der Waals surface area (Å²) in [6.07, 6.45) is 4.29. The first-order valence-corrected chi connectivity index (χ1v) is 17.3. The second-order valence-electron chi connectivity index (χ2n) is 14.2. The van der Waals surface area contributed by atoms with Crippen molar-refractivity contribution in [2.75, 3.05) is 18.0 Å². The number of hydrogen-bond donors (Lipinski definition) is 0. The number of rotatable bonds is 8. The molecular weight excluding hydrogens is 641 g/mol. The summed E-state index contributed by atoms with van der Waals surface area (Å²) >= 11 is 0. The first-order valence-electron chi connectivity index (χ1n) is 17.3. The van der Waals surface area contributed by atoms with Crippen molar-refractivity contribution in [3.8, 4) is 22.4 Å². The van der Waals surface area contributed by atoms with Crippen LogP contribution in [0, 0.1) is 55.4 Å². The van der Waals surface area contributed by atoms with Crippen molar-refractivity contribution in [2.24, 2.45) is 0 Å². The third kappa shape index (κ3) is 8.94. The fraction of sp³-hybridized carbons (Fsp3) is 0.341. The molecule has 0 saturated carbocycles. The molecule has 0 unspecified atom stereocenters. The van der Waals surface area contributed by atoms with Crippen molar-refractivity contribution >= 4 is 30.5 Å². The number of hydrogen-bond acceptors (Lipinski definition) is 3. The molecule has 2 heterocycles. The van der Waals surface area contributed by atoms with E-state index in [0.29, 0.717) is 6.04 Å². The number of piperidine rings is 1. The lowest BCUT2D eigenvalue weighted by Crippen LogP contribution is -2.44. The van der Waals surface area contributed by atoms with E-state index >= 15 is 0 Å². The molecule has 3 nitrogen and oxygen atoms in total. The number of halogens is 2. The van der Waals surface area contributed by atoms with Crippen molar-refractivity contribution in [3.05, 3.63) is 141 Å². The van der Waals surface area contributed by atoms with Gasteiger partial charge in [0.2, 0.25) is 0 Å². The third-order valence-electron chi connectivity index (χ3n) is 10.6. The van der Waals surface area contributed by atoms with Crippen LogP contribution in [0.5, 0.6) is 0 Å². The van der Waals surface area contributed by atoms with Gasteiger partial charge >= 0.3 is 0 Å². The molecule has 5 heteroatoms. The molecule has 258 valence electrons. The predicted molar refractivity (Wildman–Crippen MR) is 215 cm³/mol. The van der Waals surface area contributed by atoms with E-state index in [1.165, 1.54) is 78.0 Å². The smallest absolute Gasteiger partial charge is 0.0705 e. The van der Waals surface area contributed by atoms with Gasteiger partial charge in [-0.2, -0.15) is 0 Å². The molecule has 1 aliphatic rings. The lowest BCUT2D eigenvalue weighted by atomic mass is 9.95. The van der Waals surface area contributed by atoms with E-state index in [1.807, 2.05) is 6.20 Å². The van der Waals surface area contributed by atoms with Gasteiger partial charge in [-0.1, -0.05) is 42.5 Å². The molecule has 1 fully saturated rings. The normalized spacial score (nSPS) is 13.5. The highest BCUT2D eigenvalue weighted by Gasteiger charge is 2.26. The summed E-state index contributed by atoms with van der Waals surface area (Å²) in [5.41, 5.74) is 19.7. The molecule has 1 saturated heterocycles. The lowest BCUT2D eigenvalue weighted by Gasteiger charge is -2.40. The number of likely N-dealkylation sites (tertiary alicyclic amines) is 1. The van der Waals surface area contributed by atoms with Gasteiger partial charge in [0.25, 0.3) is 0 Å². The van der Waals surface area contributed by atoms with E-state index < -0.39 is 0 Å². The average Bonchev–Trinajstić information content (AvgIpc) is 3.05. The van der Waals surface area contributed by atoms with E-state index in [4.69, 9.17) is 4.98 Å². The number of pyridine rings is 1. The van der Waals surface area contributed by atoms with Crippen molar-refractivity contribution < 1.29 is 0 Å². The second kappa shape index (κ2) is 16.4. The minimum absolute atomic E-state index is 0. The molecule has 0 N–H and O–H groups in total. The SMILES string of the molecule is Cc1cc(C)cc(N(Cc2ccc(-c3cc(C)c(C)c(C)c3)cc2)C2CCN(Cc3ccnc(-c4cc(C)c(C)c(C)c4)c3)CC2)c1.Cl.Cl. The van der Waals surface area contributed by atoms with Crippen LogP contribution in [0.4, 0.5) is 5.69 Å². The monoisotopic (exact) mass is 693 g/mol. The van der Waals surface area contributed by atoms with Gasteiger partial charge in [0.15, 0.2) is 0 Å². The van der Waals surface area contributed by atoms with Crippen LogP contribution in [0.2, 0.25) is 0 Å². The van der Waals surface area contributed by atoms with Gasteiger partial charge < -0.3 is 4.90 Å². The van der Waals surface area contributed by atoms with Gasteiger partial charge in [-0.15, -0.1) is 24.8 Å². The summed E-state index contributed by atoms with van der Waals surface area (Å²) in [7, 11) is 0. The molecule has 0 spiro atoms. The van der Waals surface area contributed by atoms with Crippen LogP contribution >= 0.6 is 24.8 Å². The Hall–Kier alpha value is -3.63. The first kappa shape index (κ1) is 38.2. The van der Waals surface area contributed by atoms with Crippen LogP contribution in [0.25, 0.3) is 22.4 Å². The quantitative estimate of drug-likeness (QED) is 0.161. The summed E-state index contributed by atoms with van der Waals surface area (Å²) in [5.74, 6) is 0. The van der Waals surface area contributed by atoms with Crippen LogP contribution in [0.1, 0.15) is 68.5 Å². The molecule has 0 atom stereocenters. The maximum Gasteiger partial charge on any atom is 0.0705 e. The highest BCUT2D eigenvalue weighted by atomic mass is 35.5. The molecule has 1 aromatic heterocycles. The fourth-order valence-corrected chi connectivity index (χ4v) is 7.31. The number of aromatic nitrogens is 1. The van der Waals surface area contributed by atoms with E-state index in [9.17, 15) is 0 Å². The molecule has 1 aliphatic heterocycles. The van der Waals surface area contributed by atoms with Crippen molar-refractivity contribution in [1.82, 2.24) is 9.88 Å². The summed E-state index contributed by atoms with van der Waals surface area (Å²) in [6, 6.07) is 30.5. The van der Waals surface area contributed by atoms with Crippen LogP contribution in [0.15, 0.2) is 85.1 Å². The molecule has 49 heavy (non-hydrogen) atoms. The van der Waals surface area contributed by atoms with E-state index in [-0.39, 0.29) is 24.8 Å². The predicted octanol–water partition coefficient (Wildman–Crippen LogP) is 11.4. The fourth-order valence-electron chi connectivity index (χ4n) is 7.31. The van der Waals surface area contributed by atoms with Gasteiger partial charge in [0.1, 0.15) is 0 Å². The molecule has 6 rings (SSSR count). The zero-order chi connectivity index (χ0) is 33.2. The topological polar surface area (TPSA) is 19.4 Å². The van der Waals surface area contributed by atoms with Crippen molar-refractivity contribution in [3.63, 3.8) is 0 Å². The van der Waals surface area contributed by atoms with Crippen LogP contribution in [-0.4, -0.2) is 29.0 Å². The second-order valence-corrected chi connectivity index (χ2v) is 14.2. The number of benzene rings is 4. The molecular formula is C44H53Cl2N3. The Kier molecular flexibility index (Phi) is 12.8. The summed E-state index contributed by atoms with van der Waals surface area (Å²) in [4.78, 5) is 10.1. The largest absolute Gasteiger partial charge is 0.364 e. The zero-order valence-corrected chi connectivity index (χ0v) is 32.2. The van der Waals surface area contributed by atoms with Gasteiger partial charge in [-0.05, 0) is 171 Å². The van der Waals surface area contributed by atoms with E-state index in [1.54, 1.807) is 0 Å². The van der Waals surface area contributed by atoms with E-state index in [0.717, 1.165) is 44.7 Å². The van der Waals surface area contributed by atoms with E-state index in [2.05, 4.69) is 144 Å². The Morgan fingerprint density at radius 2 is 1.12 bits per heavy atom. The number of nitrogens with zero attached hydrogens (tertiary/aromatic N) is 3. The van der Waals surface area contributed by atoms with Gasteiger partial charge in [-0.25, -0.2) is 0 Å². The lowest BCUT2D eigenvalue weighted by molar-refractivity contribution is 0.201. The summed E-state index contributed by atoms with van der Waals surface area (Å²) in [6.45, 7) is 21.8. The molecule has 4 aromatic carbocycles. The summed E-state index contributed by atoms with van der Waals surface area (Å²) in [5, 5.41) is 0. The Morgan fingerprint density at radius 3 is 1.67 bits per heavy atom. The number of aryl methyl sites for hydroxylation is 6. The first-order chi connectivity index (χ1) is 22.5. The zero-order valence-electron chi connectivity index (χ0n) is 30.6. The molecule has 0 amide bonds. The Labute approximate surface area is 307 Å². The van der Waals surface area contributed by atoms with Crippen LogP contribution in [0.3, 0.4) is 0 Å². The molecule has 5 aromatic rings. The Morgan fingerprint density at radius 1 is 0.592 bits per heavy atom. The van der Waals surface area contributed by atoms with Crippen LogP contribution < -0.4 is 4.90 Å². The maximum atomic E-state index is 4.75. The highest BCUT2D eigenvalue weighted by molar-refractivity contribution is 5.85. The average molecular weight is 695 g/mol. The summed E-state index contributed by atoms with van der Waals surface area (Å²) < 4.78 is 0. The van der Waals surface area contributed by atoms with Crippen molar-refractivity contribution in [1.29, 1.82) is 0 Å². The molecule has 0 radical (unpaired) electrons. The molecule has 0 bridgehead atoms. The maximum absolute atomic E-state index is 4.75. The van der Waals surface area contributed by atoms with Gasteiger partial charge in [0.05, 0.1) is 5.69 Å². The van der Waals surface area contributed by atoms with Gasteiger partial charge in [0, 0.05) is 49.7 Å². The van der Waals surface area contributed by atoms with Crippen molar-refractivity contribution in [2.45, 2.75) is 87.4 Å². The highest BCUT2D eigenvalue weighted by Crippen LogP contribution is 2.31. The Bertz CT molecular complexity index is 1820.